The van der Waals surface area contributed by atoms with Crippen molar-refractivity contribution in [1.82, 2.24) is 10.0 Å². The van der Waals surface area contributed by atoms with Crippen molar-refractivity contribution in [2.75, 3.05) is 18.0 Å². The van der Waals surface area contributed by atoms with Crippen LogP contribution in [0, 0.1) is 6.92 Å². The van der Waals surface area contributed by atoms with Crippen LogP contribution in [0.2, 0.25) is 0 Å². The number of anilines is 1. The highest BCUT2D eigenvalue weighted by molar-refractivity contribution is 7.92. The van der Waals surface area contributed by atoms with E-state index in [1.54, 1.807) is 17.1 Å². The Labute approximate surface area is 160 Å². The van der Waals surface area contributed by atoms with Crippen molar-refractivity contribution in [2.45, 2.75) is 33.4 Å². The summed E-state index contributed by atoms with van der Waals surface area (Å²) in [5.74, 6) is 0.0257. The first-order chi connectivity index (χ1) is 12.6. The quantitative estimate of drug-likeness (QED) is 0.855. The summed E-state index contributed by atoms with van der Waals surface area (Å²) in [5, 5.41) is 3.73. The molecule has 1 aliphatic rings. The number of carbonyl (C=O) groups is 1. The SMILES string of the molecule is Cc1cc(-c2cccc(NS(C)(=O)=O)c2)cc2c1C(=O)N(N(C)C(C)C)C2. The molecule has 144 valence electrons. The highest BCUT2D eigenvalue weighted by atomic mass is 32.2. The Morgan fingerprint density at radius 2 is 1.85 bits per heavy atom. The number of fused-ring (bicyclic) bond motifs is 1. The zero-order valence-electron chi connectivity index (χ0n) is 16.3. The van der Waals surface area contributed by atoms with Gasteiger partial charge in [-0.1, -0.05) is 18.2 Å². The lowest BCUT2D eigenvalue weighted by molar-refractivity contribution is -0.0103. The van der Waals surface area contributed by atoms with E-state index in [0.717, 1.165) is 34.1 Å². The molecule has 0 spiro atoms. The van der Waals surface area contributed by atoms with E-state index < -0.39 is 10.0 Å². The summed E-state index contributed by atoms with van der Waals surface area (Å²) in [6, 6.07) is 11.5. The van der Waals surface area contributed by atoms with Crippen molar-refractivity contribution in [3.63, 3.8) is 0 Å². The molecule has 0 atom stereocenters. The monoisotopic (exact) mass is 387 g/mol. The predicted octanol–water partition coefficient (Wildman–Crippen LogP) is 3.24. The molecule has 0 fully saturated rings. The molecule has 6 nitrogen and oxygen atoms in total. The molecule has 0 aliphatic carbocycles. The second-order valence-electron chi connectivity index (χ2n) is 7.31. The molecular weight excluding hydrogens is 362 g/mol. The third-order valence-electron chi connectivity index (χ3n) is 4.81. The average molecular weight is 388 g/mol. The van der Waals surface area contributed by atoms with Gasteiger partial charge in [0.1, 0.15) is 0 Å². The van der Waals surface area contributed by atoms with Crippen molar-refractivity contribution < 1.29 is 13.2 Å². The maximum atomic E-state index is 12.8. The molecule has 1 N–H and O–H groups in total. The molecule has 1 heterocycles. The van der Waals surface area contributed by atoms with E-state index in [2.05, 4.69) is 18.6 Å². The summed E-state index contributed by atoms with van der Waals surface area (Å²) < 4.78 is 25.5. The highest BCUT2D eigenvalue weighted by Gasteiger charge is 2.32. The fourth-order valence-corrected chi connectivity index (χ4v) is 3.88. The number of hydrogen-bond acceptors (Lipinski definition) is 4. The van der Waals surface area contributed by atoms with Crippen LogP contribution in [-0.4, -0.2) is 43.7 Å². The number of nitrogens with zero attached hydrogens (tertiary/aromatic N) is 2. The minimum Gasteiger partial charge on any atom is -0.284 e. The zero-order valence-corrected chi connectivity index (χ0v) is 17.1. The van der Waals surface area contributed by atoms with Crippen molar-refractivity contribution >= 4 is 21.6 Å². The maximum Gasteiger partial charge on any atom is 0.269 e. The lowest BCUT2D eigenvalue weighted by Crippen LogP contribution is -2.44. The Morgan fingerprint density at radius 3 is 2.48 bits per heavy atom. The van der Waals surface area contributed by atoms with E-state index >= 15 is 0 Å². The average Bonchev–Trinajstić information content (AvgIpc) is 2.90. The molecule has 0 radical (unpaired) electrons. The van der Waals surface area contributed by atoms with E-state index in [0.29, 0.717) is 12.2 Å². The summed E-state index contributed by atoms with van der Waals surface area (Å²) in [6.45, 7) is 6.58. The Kier molecular flexibility index (Phi) is 5.01. The lowest BCUT2D eigenvalue weighted by Gasteiger charge is -2.31. The molecule has 0 aromatic heterocycles. The van der Waals surface area contributed by atoms with E-state index in [1.807, 2.05) is 43.2 Å². The Balaban J connectivity index is 1.98. The number of sulfonamides is 1. The Morgan fingerprint density at radius 1 is 1.15 bits per heavy atom. The number of benzene rings is 2. The van der Waals surface area contributed by atoms with Crippen LogP contribution in [0.3, 0.4) is 0 Å². The van der Waals surface area contributed by atoms with Gasteiger partial charge in [-0.3, -0.25) is 14.5 Å². The van der Waals surface area contributed by atoms with E-state index in [9.17, 15) is 13.2 Å². The van der Waals surface area contributed by atoms with Gasteiger partial charge in [-0.05, 0) is 61.2 Å². The topological polar surface area (TPSA) is 69.7 Å². The molecular formula is C20H25N3O3S. The molecule has 1 aliphatic heterocycles. The molecule has 1 amide bonds. The second-order valence-corrected chi connectivity index (χ2v) is 9.06. The van der Waals surface area contributed by atoms with Gasteiger partial charge in [0.25, 0.3) is 5.91 Å². The Hall–Kier alpha value is -2.38. The zero-order chi connectivity index (χ0) is 19.9. The minimum atomic E-state index is -3.33. The first kappa shape index (κ1) is 19.4. The summed E-state index contributed by atoms with van der Waals surface area (Å²) >= 11 is 0. The van der Waals surface area contributed by atoms with Crippen LogP contribution < -0.4 is 4.72 Å². The number of hydrogen-bond donors (Lipinski definition) is 1. The lowest BCUT2D eigenvalue weighted by atomic mass is 9.96. The minimum absolute atomic E-state index is 0.0257. The molecule has 0 unspecified atom stereocenters. The Bertz CT molecular complexity index is 1000. The van der Waals surface area contributed by atoms with Crippen LogP contribution in [0.4, 0.5) is 5.69 Å². The summed E-state index contributed by atoms with van der Waals surface area (Å²) in [6.07, 6.45) is 1.13. The standard InChI is InChI=1S/C20H25N3O3S/c1-13(2)22(4)23-12-17-10-16(9-14(3)19(17)20(23)24)15-7-6-8-18(11-15)21-27(5,25)26/h6-11,13,21H,12H2,1-5H3. The summed E-state index contributed by atoms with van der Waals surface area (Å²) in [7, 11) is -1.41. The fraction of sp³-hybridized carbons (Fsp3) is 0.350. The highest BCUT2D eigenvalue weighted by Crippen LogP contribution is 2.33. The van der Waals surface area contributed by atoms with Gasteiger partial charge in [0.15, 0.2) is 0 Å². The smallest absolute Gasteiger partial charge is 0.269 e. The molecule has 3 rings (SSSR count). The fourth-order valence-electron chi connectivity index (χ4n) is 3.33. The van der Waals surface area contributed by atoms with Gasteiger partial charge in [-0.15, -0.1) is 0 Å². The van der Waals surface area contributed by atoms with E-state index in [4.69, 9.17) is 0 Å². The normalized spacial score (nSPS) is 14.2. The van der Waals surface area contributed by atoms with Crippen LogP contribution in [-0.2, 0) is 16.6 Å². The van der Waals surface area contributed by atoms with Gasteiger partial charge in [-0.2, -0.15) is 0 Å². The van der Waals surface area contributed by atoms with E-state index in [1.165, 1.54) is 0 Å². The third kappa shape index (κ3) is 3.99. The number of nitrogens with one attached hydrogen (secondary N) is 1. The number of rotatable bonds is 5. The number of amides is 1. The van der Waals surface area contributed by atoms with Crippen molar-refractivity contribution in [3.8, 4) is 11.1 Å². The summed E-state index contributed by atoms with van der Waals surface area (Å²) in [5.41, 5.74) is 5.06. The van der Waals surface area contributed by atoms with Crippen LogP contribution in [0.25, 0.3) is 11.1 Å². The second kappa shape index (κ2) is 6.98. The van der Waals surface area contributed by atoms with E-state index in [-0.39, 0.29) is 11.9 Å². The van der Waals surface area contributed by atoms with Crippen LogP contribution in [0.15, 0.2) is 36.4 Å². The third-order valence-corrected chi connectivity index (χ3v) is 5.42. The van der Waals surface area contributed by atoms with Gasteiger partial charge in [0, 0.05) is 24.3 Å². The van der Waals surface area contributed by atoms with Crippen LogP contribution in [0.1, 0.15) is 35.3 Å². The van der Waals surface area contributed by atoms with Gasteiger partial charge >= 0.3 is 0 Å². The number of aryl methyl sites for hydroxylation is 1. The maximum absolute atomic E-state index is 12.8. The van der Waals surface area contributed by atoms with Crippen molar-refractivity contribution in [3.05, 3.63) is 53.1 Å². The molecule has 7 heteroatoms. The van der Waals surface area contributed by atoms with Crippen molar-refractivity contribution in [2.24, 2.45) is 0 Å². The molecule has 0 bridgehead atoms. The van der Waals surface area contributed by atoms with Gasteiger partial charge in [0.2, 0.25) is 10.0 Å². The first-order valence-electron chi connectivity index (χ1n) is 8.83. The van der Waals surface area contributed by atoms with Crippen LogP contribution >= 0.6 is 0 Å². The molecule has 27 heavy (non-hydrogen) atoms. The number of carbonyl (C=O) groups excluding carboxylic acids is 1. The first-order valence-corrected chi connectivity index (χ1v) is 10.7. The molecule has 2 aromatic carbocycles. The number of hydrazine groups is 1. The summed E-state index contributed by atoms with van der Waals surface area (Å²) in [4.78, 5) is 12.8. The van der Waals surface area contributed by atoms with Gasteiger partial charge in [0.05, 0.1) is 12.8 Å². The molecule has 0 saturated heterocycles. The molecule has 2 aromatic rings. The van der Waals surface area contributed by atoms with Gasteiger partial charge < -0.3 is 0 Å². The van der Waals surface area contributed by atoms with Crippen molar-refractivity contribution in [1.29, 1.82) is 0 Å². The van der Waals surface area contributed by atoms with Crippen LogP contribution in [0.5, 0.6) is 0 Å². The van der Waals surface area contributed by atoms with Gasteiger partial charge in [-0.25, -0.2) is 13.4 Å². The predicted molar refractivity (Wildman–Crippen MR) is 108 cm³/mol. The molecule has 0 saturated carbocycles. The largest absolute Gasteiger partial charge is 0.284 e.